The highest BCUT2D eigenvalue weighted by atomic mass is 19.1. The molecule has 2 rings (SSSR count). The molecule has 0 saturated heterocycles. The Bertz CT molecular complexity index is 363. The Kier molecular flexibility index (Phi) is 2.27. The highest BCUT2D eigenvalue weighted by Gasteiger charge is 2.26. The Morgan fingerprint density at radius 3 is 2.71 bits per heavy atom. The summed E-state index contributed by atoms with van der Waals surface area (Å²) < 4.78 is 26.3. The van der Waals surface area contributed by atoms with Crippen molar-refractivity contribution in [1.82, 2.24) is 0 Å². The minimum Gasteiger partial charge on any atom is -0.388 e. The molecule has 0 aliphatic heterocycles. The van der Waals surface area contributed by atoms with E-state index in [1.165, 1.54) is 6.07 Å². The van der Waals surface area contributed by atoms with E-state index in [-0.39, 0.29) is 5.92 Å². The Morgan fingerprint density at radius 1 is 1.29 bits per heavy atom. The molecule has 0 bridgehead atoms. The van der Waals surface area contributed by atoms with Crippen LogP contribution in [0.3, 0.4) is 0 Å². The topological polar surface area (TPSA) is 20.2 Å². The van der Waals surface area contributed by atoms with Crippen LogP contribution in [-0.4, -0.2) is 5.11 Å². The summed E-state index contributed by atoms with van der Waals surface area (Å²) in [6.07, 6.45) is 0.611. The number of fused-ring (bicyclic) bond motifs is 1. The van der Waals surface area contributed by atoms with Gasteiger partial charge in [-0.05, 0) is 36.0 Å². The van der Waals surface area contributed by atoms with E-state index in [2.05, 4.69) is 0 Å². The van der Waals surface area contributed by atoms with Crippen molar-refractivity contribution >= 4 is 0 Å². The van der Waals surface area contributed by atoms with E-state index in [0.717, 1.165) is 12.5 Å². The molecule has 1 nitrogen and oxygen atoms in total. The summed E-state index contributed by atoms with van der Waals surface area (Å²) >= 11 is 0. The molecule has 0 fully saturated rings. The van der Waals surface area contributed by atoms with Crippen LogP contribution in [0, 0.1) is 11.6 Å². The van der Waals surface area contributed by atoms with Crippen LogP contribution in [0.4, 0.5) is 8.78 Å². The maximum atomic E-state index is 13.4. The predicted octanol–water partition coefficient (Wildman–Crippen LogP) is 2.90. The van der Waals surface area contributed by atoms with Gasteiger partial charge in [-0.15, -0.1) is 0 Å². The van der Waals surface area contributed by atoms with Crippen LogP contribution < -0.4 is 0 Å². The van der Waals surface area contributed by atoms with Gasteiger partial charge >= 0.3 is 0 Å². The summed E-state index contributed by atoms with van der Waals surface area (Å²) in [5.41, 5.74) is 0.895. The first kappa shape index (κ1) is 9.59. The molecular formula is C11H12F2O. The van der Waals surface area contributed by atoms with Gasteiger partial charge in [0.15, 0.2) is 0 Å². The standard InChI is InChI=1S/C11H12F2O/c1-6-2-3-10(14)8-4-7(12)5-9(13)11(6)8/h4-6,10,14H,2-3H2,1H3. The van der Waals surface area contributed by atoms with E-state index in [1.807, 2.05) is 6.92 Å². The summed E-state index contributed by atoms with van der Waals surface area (Å²) in [6, 6.07) is 2.12. The van der Waals surface area contributed by atoms with Crippen molar-refractivity contribution in [3.63, 3.8) is 0 Å². The first-order chi connectivity index (χ1) is 6.59. The number of aliphatic hydroxyl groups is 1. The second-order valence-corrected chi connectivity index (χ2v) is 3.88. The Morgan fingerprint density at radius 2 is 2.00 bits per heavy atom. The van der Waals surface area contributed by atoms with Gasteiger partial charge < -0.3 is 5.11 Å². The summed E-state index contributed by atoms with van der Waals surface area (Å²) in [5.74, 6) is -1.09. The molecule has 2 atom stereocenters. The van der Waals surface area contributed by atoms with Crippen LogP contribution in [0.2, 0.25) is 0 Å². The van der Waals surface area contributed by atoms with Gasteiger partial charge in [-0.25, -0.2) is 8.78 Å². The Labute approximate surface area is 81.4 Å². The zero-order chi connectivity index (χ0) is 10.3. The quantitative estimate of drug-likeness (QED) is 0.679. The van der Waals surface area contributed by atoms with Crippen LogP contribution in [0.15, 0.2) is 12.1 Å². The molecule has 0 saturated carbocycles. The number of rotatable bonds is 0. The molecule has 0 radical (unpaired) electrons. The fraction of sp³-hybridized carbons (Fsp3) is 0.455. The van der Waals surface area contributed by atoms with E-state index >= 15 is 0 Å². The molecule has 1 N–H and O–H groups in total. The lowest BCUT2D eigenvalue weighted by Crippen LogP contribution is -2.14. The molecule has 1 aromatic rings. The molecule has 76 valence electrons. The molecule has 2 unspecified atom stereocenters. The normalized spacial score (nSPS) is 26.0. The van der Waals surface area contributed by atoms with Crippen LogP contribution in [0.5, 0.6) is 0 Å². The zero-order valence-corrected chi connectivity index (χ0v) is 7.93. The molecular weight excluding hydrogens is 186 g/mol. The maximum Gasteiger partial charge on any atom is 0.129 e. The summed E-state index contributed by atoms with van der Waals surface area (Å²) in [6.45, 7) is 1.89. The third-order valence-corrected chi connectivity index (χ3v) is 2.85. The summed E-state index contributed by atoms with van der Waals surface area (Å²) in [4.78, 5) is 0. The van der Waals surface area contributed by atoms with Crippen molar-refractivity contribution < 1.29 is 13.9 Å². The maximum absolute atomic E-state index is 13.4. The predicted molar refractivity (Wildman–Crippen MR) is 49.0 cm³/mol. The van der Waals surface area contributed by atoms with Crippen LogP contribution in [0.25, 0.3) is 0 Å². The van der Waals surface area contributed by atoms with Gasteiger partial charge in [0, 0.05) is 6.07 Å². The highest BCUT2D eigenvalue weighted by molar-refractivity contribution is 5.35. The summed E-state index contributed by atoms with van der Waals surface area (Å²) in [5, 5.41) is 9.59. The van der Waals surface area contributed by atoms with E-state index in [1.54, 1.807) is 0 Å². The Balaban J connectivity index is 2.60. The summed E-state index contributed by atoms with van der Waals surface area (Å²) in [7, 11) is 0. The average Bonchev–Trinajstić information content (AvgIpc) is 2.10. The second-order valence-electron chi connectivity index (χ2n) is 3.88. The van der Waals surface area contributed by atoms with Gasteiger partial charge in [0.25, 0.3) is 0 Å². The fourth-order valence-corrected chi connectivity index (χ4v) is 2.11. The first-order valence-electron chi connectivity index (χ1n) is 4.76. The molecule has 0 heterocycles. The van der Waals surface area contributed by atoms with E-state index < -0.39 is 17.7 Å². The van der Waals surface area contributed by atoms with Gasteiger partial charge in [0.05, 0.1) is 6.10 Å². The number of halogens is 2. The van der Waals surface area contributed by atoms with Crippen molar-refractivity contribution in [2.24, 2.45) is 0 Å². The number of hydrogen-bond acceptors (Lipinski definition) is 1. The van der Waals surface area contributed by atoms with E-state index in [0.29, 0.717) is 17.5 Å². The van der Waals surface area contributed by atoms with Crippen LogP contribution >= 0.6 is 0 Å². The number of hydrogen-bond donors (Lipinski definition) is 1. The number of benzene rings is 1. The zero-order valence-electron chi connectivity index (χ0n) is 7.93. The molecule has 1 aromatic carbocycles. The third kappa shape index (κ3) is 1.42. The second kappa shape index (κ2) is 3.31. The van der Waals surface area contributed by atoms with Crippen LogP contribution in [0.1, 0.15) is 42.9 Å². The molecule has 14 heavy (non-hydrogen) atoms. The molecule has 3 heteroatoms. The molecule has 0 aromatic heterocycles. The van der Waals surface area contributed by atoms with Crippen molar-refractivity contribution in [3.05, 3.63) is 34.9 Å². The average molecular weight is 198 g/mol. The smallest absolute Gasteiger partial charge is 0.129 e. The largest absolute Gasteiger partial charge is 0.388 e. The van der Waals surface area contributed by atoms with Crippen LogP contribution in [-0.2, 0) is 0 Å². The van der Waals surface area contributed by atoms with Gasteiger partial charge in [-0.3, -0.25) is 0 Å². The first-order valence-corrected chi connectivity index (χ1v) is 4.76. The molecule has 1 aliphatic carbocycles. The lowest BCUT2D eigenvalue weighted by Gasteiger charge is -2.26. The third-order valence-electron chi connectivity index (χ3n) is 2.85. The molecule has 0 amide bonds. The van der Waals surface area contributed by atoms with Gasteiger partial charge in [0.1, 0.15) is 11.6 Å². The van der Waals surface area contributed by atoms with Crippen molar-refractivity contribution in [3.8, 4) is 0 Å². The van der Waals surface area contributed by atoms with E-state index in [4.69, 9.17) is 0 Å². The van der Waals surface area contributed by atoms with E-state index in [9.17, 15) is 13.9 Å². The lowest BCUT2D eigenvalue weighted by molar-refractivity contribution is 0.150. The van der Waals surface area contributed by atoms with Gasteiger partial charge in [0.2, 0.25) is 0 Å². The van der Waals surface area contributed by atoms with Crippen molar-refractivity contribution in [2.45, 2.75) is 31.8 Å². The fourth-order valence-electron chi connectivity index (χ4n) is 2.11. The Hall–Kier alpha value is -0.960. The van der Waals surface area contributed by atoms with Crippen molar-refractivity contribution in [2.75, 3.05) is 0 Å². The SMILES string of the molecule is CC1CCC(O)c2cc(F)cc(F)c21. The minimum absolute atomic E-state index is 0.0639. The molecule has 0 spiro atoms. The minimum atomic E-state index is -0.716. The number of aliphatic hydroxyl groups excluding tert-OH is 1. The van der Waals surface area contributed by atoms with Gasteiger partial charge in [-0.2, -0.15) is 0 Å². The molecule has 1 aliphatic rings. The van der Waals surface area contributed by atoms with Gasteiger partial charge in [-0.1, -0.05) is 6.92 Å². The monoisotopic (exact) mass is 198 g/mol. The lowest BCUT2D eigenvalue weighted by atomic mass is 9.82. The highest BCUT2D eigenvalue weighted by Crippen LogP contribution is 2.38. The van der Waals surface area contributed by atoms with Crippen molar-refractivity contribution in [1.29, 1.82) is 0 Å².